The first kappa shape index (κ1) is 19.2. The number of hydrogen-bond donors (Lipinski definition) is 0. The molecule has 1 aliphatic heterocycles. The van der Waals surface area contributed by atoms with Gasteiger partial charge < -0.3 is 18.9 Å². The maximum absolute atomic E-state index is 11.3. The van der Waals surface area contributed by atoms with E-state index >= 15 is 0 Å². The third-order valence-electron chi connectivity index (χ3n) is 3.80. The summed E-state index contributed by atoms with van der Waals surface area (Å²) in [5, 5.41) is 3.38. The summed E-state index contributed by atoms with van der Waals surface area (Å²) >= 11 is 0. The fraction of sp³-hybridized carbons (Fsp3) is 0.857. The quantitative estimate of drug-likeness (QED) is 0.231. The average Bonchev–Trinajstić information content (AvgIpc) is 2.48. The van der Waals surface area contributed by atoms with E-state index in [1.54, 1.807) is 0 Å². The summed E-state index contributed by atoms with van der Waals surface area (Å²) in [6.45, 7) is 6.88. The molecule has 0 aromatic heterocycles. The Bertz CT molecular complexity index is 463. The molecule has 5 atom stereocenters. The highest BCUT2D eigenvalue weighted by atomic mass is 16.7. The van der Waals surface area contributed by atoms with E-state index in [1.807, 2.05) is 13.8 Å². The summed E-state index contributed by atoms with van der Waals surface area (Å²) < 4.78 is 21.7. The SMILES string of the molecule is CC(=O)OCC1OC(OCCN=[N+]=[N-])C(OC(C)=O)C(C)C1C. The number of nitrogens with zero attached hydrogens (tertiary/aromatic N) is 3. The largest absolute Gasteiger partial charge is 0.463 e. The number of carbonyl (C=O) groups excluding carboxylic acids is 2. The zero-order valence-corrected chi connectivity index (χ0v) is 13.8. The van der Waals surface area contributed by atoms with Crippen LogP contribution in [-0.2, 0) is 28.5 Å². The van der Waals surface area contributed by atoms with E-state index in [1.165, 1.54) is 13.8 Å². The lowest BCUT2D eigenvalue weighted by Crippen LogP contribution is -2.53. The van der Waals surface area contributed by atoms with Crippen molar-refractivity contribution in [2.24, 2.45) is 17.0 Å². The van der Waals surface area contributed by atoms with Crippen LogP contribution in [0.5, 0.6) is 0 Å². The normalized spacial score (nSPS) is 30.2. The Morgan fingerprint density at radius 1 is 1.22 bits per heavy atom. The van der Waals surface area contributed by atoms with Crippen molar-refractivity contribution in [3.05, 3.63) is 10.4 Å². The fourth-order valence-corrected chi connectivity index (χ4v) is 2.39. The molecule has 9 heteroatoms. The first-order valence-electron chi connectivity index (χ1n) is 7.45. The molecule has 130 valence electrons. The van der Waals surface area contributed by atoms with Crippen molar-refractivity contribution in [3.63, 3.8) is 0 Å². The van der Waals surface area contributed by atoms with Gasteiger partial charge in [-0.25, -0.2) is 0 Å². The molecular weight excluding hydrogens is 306 g/mol. The van der Waals surface area contributed by atoms with Crippen LogP contribution >= 0.6 is 0 Å². The van der Waals surface area contributed by atoms with Gasteiger partial charge in [-0.1, -0.05) is 19.0 Å². The molecule has 0 saturated carbocycles. The van der Waals surface area contributed by atoms with Gasteiger partial charge in [-0.2, -0.15) is 0 Å². The summed E-state index contributed by atoms with van der Waals surface area (Å²) in [6, 6.07) is 0. The lowest BCUT2D eigenvalue weighted by atomic mass is 9.83. The predicted octanol–water partition coefficient (Wildman–Crippen LogP) is 1.81. The van der Waals surface area contributed by atoms with Gasteiger partial charge in [-0.05, 0) is 11.4 Å². The van der Waals surface area contributed by atoms with Crippen LogP contribution < -0.4 is 0 Å². The van der Waals surface area contributed by atoms with Gasteiger partial charge in [-0.3, -0.25) is 9.59 Å². The molecule has 1 aliphatic rings. The summed E-state index contributed by atoms with van der Waals surface area (Å²) in [5.74, 6) is -0.885. The minimum atomic E-state index is -0.806. The summed E-state index contributed by atoms with van der Waals surface area (Å²) in [5.41, 5.74) is 8.27. The maximum Gasteiger partial charge on any atom is 0.303 e. The molecule has 1 rings (SSSR count). The molecule has 1 saturated heterocycles. The number of carbonyl (C=O) groups is 2. The summed E-state index contributed by atoms with van der Waals surface area (Å²) in [4.78, 5) is 24.9. The second-order valence-electron chi connectivity index (χ2n) is 5.46. The van der Waals surface area contributed by atoms with Gasteiger partial charge in [0.1, 0.15) is 6.61 Å². The second kappa shape index (κ2) is 9.34. The second-order valence-corrected chi connectivity index (χ2v) is 5.46. The Morgan fingerprint density at radius 2 is 1.91 bits per heavy atom. The molecule has 9 nitrogen and oxygen atoms in total. The highest BCUT2D eigenvalue weighted by Crippen LogP contribution is 2.33. The van der Waals surface area contributed by atoms with Crippen molar-refractivity contribution in [2.75, 3.05) is 19.8 Å². The minimum absolute atomic E-state index is 0.00400. The smallest absolute Gasteiger partial charge is 0.303 e. The van der Waals surface area contributed by atoms with Gasteiger partial charge in [-0.15, -0.1) is 0 Å². The van der Waals surface area contributed by atoms with Crippen LogP contribution in [0.1, 0.15) is 27.7 Å². The van der Waals surface area contributed by atoms with Gasteiger partial charge >= 0.3 is 11.9 Å². The van der Waals surface area contributed by atoms with E-state index in [0.717, 1.165) is 0 Å². The van der Waals surface area contributed by atoms with Gasteiger partial charge in [0.15, 0.2) is 12.4 Å². The van der Waals surface area contributed by atoms with Gasteiger partial charge in [0.2, 0.25) is 0 Å². The Balaban J connectivity index is 2.77. The van der Waals surface area contributed by atoms with Gasteiger partial charge in [0, 0.05) is 31.2 Å². The van der Waals surface area contributed by atoms with E-state index in [0.29, 0.717) is 0 Å². The van der Waals surface area contributed by atoms with E-state index in [4.69, 9.17) is 24.5 Å². The molecule has 0 aliphatic carbocycles. The number of ether oxygens (including phenoxy) is 4. The van der Waals surface area contributed by atoms with Crippen LogP contribution in [0.15, 0.2) is 5.11 Å². The fourth-order valence-electron chi connectivity index (χ4n) is 2.39. The maximum atomic E-state index is 11.3. The predicted molar refractivity (Wildman–Crippen MR) is 79.1 cm³/mol. The number of rotatable bonds is 7. The van der Waals surface area contributed by atoms with Gasteiger partial charge in [0.25, 0.3) is 0 Å². The van der Waals surface area contributed by atoms with Crippen LogP contribution in [-0.4, -0.2) is 50.2 Å². The first-order valence-corrected chi connectivity index (χ1v) is 7.45. The van der Waals surface area contributed by atoms with Crippen LogP contribution in [0.4, 0.5) is 0 Å². The van der Waals surface area contributed by atoms with Crippen molar-refractivity contribution in [3.8, 4) is 0 Å². The minimum Gasteiger partial charge on any atom is -0.463 e. The number of esters is 2. The Morgan fingerprint density at radius 3 is 2.48 bits per heavy atom. The van der Waals surface area contributed by atoms with Crippen LogP contribution in [0.2, 0.25) is 0 Å². The zero-order chi connectivity index (χ0) is 17.4. The molecule has 0 amide bonds. The Labute approximate surface area is 134 Å². The highest BCUT2D eigenvalue weighted by molar-refractivity contribution is 5.66. The van der Waals surface area contributed by atoms with Gasteiger partial charge in [0.05, 0.1) is 12.7 Å². The molecule has 0 N–H and O–H groups in total. The monoisotopic (exact) mass is 329 g/mol. The molecule has 1 fully saturated rings. The Kier molecular flexibility index (Phi) is 7.80. The lowest BCUT2D eigenvalue weighted by Gasteiger charge is -2.43. The molecule has 0 aromatic carbocycles. The van der Waals surface area contributed by atoms with Crippen LogP contribution in [0.25, 0.3) is 10.4 Å². The number of azide groups is 1. The van der Waals surface area contributed by atoms with Crippen molar-refractivity contribution in [1.29, 1.82) is 0 Å². The molecule has 0 spiro atoms. The molecule has 23 heavy (non-hydrogen) atoms. The average molecular weight is 329 g/mol. The topological polar surface area (TPSA) is 120 Å². The molecule has 0 radical (unpaired) electrons. The van der Waals surface area contributed by atoms with Crippen molar-refractivity contribution >= 4 is 11.9 Å². The Hall–Kier alpha value is -1.83. The summed E-state index contributed by atoms with van der Waals surface area (Å²) in [7, 11) is 0. The van der Waals surface area contributed by atoms with E-state index in [9.17, 15) is 9.59 Å². The molecule has 0 bridgehead atoms. The third kappa shape index (κ3) is 6.05. The zero-order valence-electron chi connectivity index (χ0n) is 13.8. The van der Waals surface area contributed by atoms with Crippen molar-refractivity contribution in [1.82, 2.24) is 0 Å². The highest BCUT2D eigenvalue weighted by Gasteiger charge is 2.44. The van der Waals surface area contributed by atoms with Crippen molar-refractivity contribution < 1.29 is 28.5 Å². The van der Waals surface area contributed by atoms with Crippen LogP contribution in [0, 0.1) is 11.8 Å². The first-order chi connectivity index (χ1) is 10.9. The lowest BCUT2D eigenvalue weighted by molar-refractivity contribution is -0.279. The molecule has 1 heterocycles. The molecular formula is C14H23N3O6. The summed E-state index contributed by atoms with van der Waals surface area (Å²) in [6.07, 6.45) is -1.76. The molecule has 5 unspecified atom stereocenters. The van der Waals surface area contributed by atoms with E-state index in [2.05, 4.69) is 10.0 Å². The van der Waals surface area contributed by atoms with E-state index in [-0.39, 0.29) is 37.7 Å². The van der Waals surface area contributed by atoms with E-state index < -0.39 is 24.3 Å². The standard InChI is InChI=1S/C14H23N3O6/c1-8-9(2)13(22-11(4)19)14(20-6-5-16-17-15)23-12(8)7-21-10(3)18/h8-9,12-14H,5-7H2,1-4H3. The molecule has 0 aromatic rings. The van der Waals surface area contributed by atoms with Crippen molar-refractivity contribution in [2.45, 2.75) is 46.2 Å². The number of hydrogen-bond acceptors (Lipinski definition) is 7. The van der Waals surface area contributed by atoms with Crippen LogP contribution in [0.3, 0.4) is 0 Å². The third-order valence-corrected chi connectivity index (χ3v) is 3.80.